The number of fused-ring (bicyclic) bond motifs is 2. The first-order valence-electron chi connectivity index (χ1n) is 11.0. The van der Waals surface area contributed by atoms with Crippen molar-refractivity contribution in [2.75, 3.05) is 25.0 Å². The molecule has 2 amide bonds. The molecule has 0 atom stereocenters. The normalized spacial score (nSPS) is 15.0. The van der Waals surface area contributed by atoms with E-state index in [1.54, 1.807) is 23.6 Å². The van der Waals surface area contributed by atoms with E-state index in [4.69, 9.17) is 4.74 Å². The van der Waals surface area contributed by atoms with Gasteiger partial charge < -0.3 is 14.6 Å². The van der Waals surface area contributed by atoms with Crippen LogP contribution in [0, 0.1) is 0 Å². The second kappa shape index (κ2) is 8.00. The number of aromatic amines is 1. The van der Waals surface area contributed by atoms with Crippen molar-refractivity contribution in [2.24, 2.45) is 0 Å². The molecule has 2 aliphatic rings. The van der Waals surface area contributed by atoms with Crippen molar-refractivity contribution in [2.45, 2.75) is 19.3 Å². The quantitative estimate of drug-likeness (QED) is 0.478. The number of aromatic nitrogens is 3. The lowest BCUT2D eigenvalue weighted by Gasteiger charge is -2.14. The van der Waals surface area contributed by atoms with Gasteiger partial charge in [-0.3, -0.25) is 14.9 Å². The Bertz CT molecular complexity index is 1390. The Kier molecular flexibility index (Phi) is 4.83. The average molecular weight is 460 g/mol. The first-order valence-corrected chi connectivity index (χ1v) is 11.8. The minimum absolute atomic E-state index is 0.0303. The van der Waals surface area contributed by atoms with Crippen LogP contribution in [0.5, 0.6) is 5.75 Å². The zero-order chi connectivity index (χ0) is 22.4. The maximum Gasteiger partial charge on any atom is 0.277 e. The highest BCUT2D eigenvalue weighted by atomic mass is 32.1. The minimum atomic E-state index is -0.339. The molecular weight excluding hydrogens is 438 g/mol. The zero-order valence-corrected chi connectivity index (χ0v) is 18.6. The fourth-order valence-corrected chi connectivity index (χ4v) is 5.10. The summed E-state index contributed by atoms with van der Waals surface area (Å²) in [6.07, 6.45) is 2.99. The maximum absolute atomic E-state index is 12.8. The molecule has 33 heavy (non-hydrogen) atoms. The minimum Gasteiger partial charge on any atom is -0.493 e. The number of carbonyl (C=O) groups is 2. The van der Waals surface area contributed by atoms with E-state index in [9.17, 15) is 9.59 Å². The summed E-state index contributed by atoms with van der Waals surface area (Å²) < 4.78 is 5.56. The number of H-pyrrole nitrogens is 1. The van der Waals surface area contributed by atoms with E-state index in [0.717, 1.165) is 48.7 Å². The van der Waals surface area contributed by atoms with E-state index in [1.807, 2.05) is 17.0 Å². The van der Waals surface area contributed by atoms with Gasteiger partial charge in [0.25, 0.3) is 11.8 Å². The Morgan fingerprint density at radius 2 is 1.97 bits per heavy atom. The summed E-state index contributed by atoms with van der Waals surface area (Å²) in [5.74, 6) is 0.936. The van der Waals surface area contributed by atoms with Gasteiger partial charge in [0.2, 0.25) is 5.95 Å². The lowest BCUT2D eigenvalue weighted by molar-refractivity contribution is 0.0792. The van der Waals surface area contributed by atoms with Crippen molar-refractivity contribution in [3.05, 3.63) is 58.6 Å². The highest BCUT2D eigenvalue weighted by molar-refractivity contribution is 7.13. The van der Waals surface area contributed by atoms with Gasteiger partial charge in [-0.15, -0.1) is 11.3 Å². The lowest BCUT2D eigenvalue weighted by Crippen LogP contribution is -2.27. The molecule has 0 aliphatic carbocycles. The van der Waals surface area contributed by atoms with Gasteiger partial charge in [0, 0.05) is 36.0 Å². The summed E-state index contributed by atoms with van der Waals surface area (Å²) in [6, 6.07) is 11.4. The van der Waals surface area contributed by atoms with Crippen LogP contribution in [0.3, 0.4) is 0 Å². The van der Waals surface area contributed by atoms with Crippen molar-refractivity contribution in [1.82, 2.24) is 19.9 Å². The Balaban J connectivity index is 1.19. The molecule has 0 unspecified atom stereocenters. The molecule has 2 aromatic carbocycles. The number of thiazole rings is 1. The van der Waals surface area contributed by atoms with Crippen LogP contribution in [0.4, 0.5) is 5.95 Å². The van der Waals surface area contributed by atoms with Crippen LogP contribution < -0.4 is 10.1 Å². The largest absolute Gasteiger partial charge is 0.493 e. The molecule has 1 fully saturated rings. The van der Waals surface area contributed by atoms with Crippen LogP contribution in [0.2, 0.25) is 0 Å². The van der Waals surface area contributed by atoms with Crippen LogP contribution >= 0.6 is 11.3 Å². The van der Waals surface area contributed by atoms with Crippen LogP contribution in [-0.4, -0.2) is 51.4 Å². The molecule has 166 valence electrons. The molecule has 6 rings (SSSR count). The van der Waals surface area contributed by atoms with E-state index in [-0.39, 0.29) is 11.8 Å². The number of rotatable bonds is 4. The van der Waals surface area contributed by atoms with Crippen molar-refractivity contribution >= 4 is 40.1 Å². The van der Waals surface area contributed by atoms with Gasteiger partial charge in [-0.25, -0.2) is 9.97 Å². The predicted molar refractivity (Wildman–Crippen MR) is 126 cm³/mol. The van der Waals surface area contributed by atoms with E-state index in [2.05, 4.69) is 26.3 Å². The molecule has 0 spiro atoms. The number of ether oxygens (including phenoxy) is 1. The van der Waals surface area contributed by atoms with Crippen LogP contribution in [0.1, 0.15) is 39.3 Å². The summed E-state index contributed by atoms with van der Waals surface area (Å²) in [7, 11) is 0. The van der Waals surface area contributed by atoms with E-state index >= 15 is 0 Å². The number of nitrogens with one attached hydrogen (secondary N) is 2. The molecule has 1 saturated heterocycles. The SMILES string of the molecule is O=C(Nc1nc2ccc(C(=O)N3CCCC3)cc2[nH]1)c1csc(-c2ccc3c(c2)CCO3)n1. The Morgan fingerprint density at radius 3 is 2.85 bits per heavy atom. The van der Waals surface area contributed by atoms with Gasteiger partial charge in [-0.2, -0.15) is 0 Å². The van der Waals surface area contributed by atoms with Crippen molar-refractivity contribution in [3.8, 4) is 16.3 Å². The fraction of sp³-hybridized carbons (Fsp3) is 0.250. The van der Waals surface area contributed by atoms with Gasteiger partial charge in [0.15, 0.2) is 0 Å². The molecule has 9 heteroatoms. The third kappa shape index (κ3) is 3.74. The first kappa shape index (κ1) is 19.9. The number of benzene rings is 2. The zero-order valence-electron chi connectivity index (χ0n) is 17.8. The van der Waals surface area contributed by atoms with E-state index in [0.29, 0.717) is 34.8 Å². The average Bonchev–Trinajstić information content (AvgIpc) is 3.63. The number of likely N-dealkylation sites (tertiary alicyclic amines) is 1. The molecular formula is C24H21N5O3S. The van der Waals surface area contributed by atoms with Crippen LogP contribution in [0.25, 0.3) is 21.6 Å². The Morgan fingerprint density at radius 1 is 1.09 bits per heavy atom. The Hall–Kier alpha value is -3.72. The highest BCUT2D eigenvalue weighted by Crippen LogP contribution is 2.32. The monoisotopic (exact) mass is 459 g/mol. The van der Waals surface area contributed by atoms with Crippen LogP contribution in [-0.2, 0) is 6.42 Å². The summed E-state index contributed by atoms with van der Waals surface area (Å²) in [5, 5.41) is 5.30. The predicted octanol–water partition coefficient (Wildman–Crippen LogP) is 4.11. The summed E-state index contributed by atoms with van der Waals surface area (Å²) >= 11 is 1.42. The fourth-order valence-electron chi connectivity index (χ4n) is 4.31. The van der Waals surface area contributed by atoms with Crippen molar-refractivity contribution in [1.29, 1.82) is 0 Å². The summed E-state index contributed by atoms with van der Waals surface area (Å²) in [6.45, 7) is 2.31. The summed E-state index contributed by atoms with van der Waals surface area (Å²) in [4.78, 5) is 39.3. The maximum atomic E-state index is 12.8. The van der Waals surface area contributed by atoms with Gasteiger partial charge in [0.05, 0.1) is 17.6 Å². The molecule has 2 aliphatic heterocycles. The standard InChI is InChI=1S/C24H21N5O3S/c30-21(19-13-33-22(25-19)15-4-6-20-14(11-15)7-10-32-20)28-24-26-17-5-3-16(12-18(17)27-24)23(31)29-8-1-2-9-29/h3-6,11-13H,1-2,7-10H2,(H2,26,27,28,30). The van der Waals surface area contributed by atoms with E-state index < -0.39 is 0 Å². The number of nitrogens with zero attached hydrogens (tertiary/aromatic N) is 3. The number of hydrogen-bond acceptors (Lipinski definition) is 6. The first-order chi connectivity index (χ1) is 16.1. The molecule has 0 saturated carbocycles. The van der Waals surface area contributed by atoms with Gasteiger partial charge >= 0.3 is 0 Å². The Labute approximate surface area is 193 Å². The van der Waals surface area contributed by atoms with Crippen molar-refractivity contribution in [3.63, 3.8) is 0 Å². The van der Waals surface area contributed by atoms with Crippen LogP contribution in [0.15, 0.2) is 41.8 Å². The second-order valence-electron chi connectivity index (χ2n) is 8.23. The molecule has 4 aromatic rings. The third-order valence-corrected chi connectivity index (χ3v) is 6.92. The molecule has 2 aromatic heterocycles. The van der Waals surface area contributed by atoms with Crippen molar-refractivity contribution < 1.29 is 14.3 Å². The topological polar surface area (TPSA) is 100 Å². The smallest absolute Gasteiger partial charge is 0.277 e. The second-order valence-corrected chi connectivity index (χ2v) is 9.09. The molecule has 0 bridgehead atoms. The summed E-state index contributed by atoms with van der Waals surface area (Å²) in [5.41, 5.74) is 4.48. The highest BCUT2D eigenvalue weighted by Gasteiger charge is 2.21. The number of carbonyl (C=O) groups excluding carboxylic acids is 2. The number of imidazole rings is 1. The molecule has 4 heterocycles. The number of hydrogen-bond donors (Lipinski definition) is 2. The number of amides is 2. The van der Waals surface area contributed by atoms with Gasteiger partial charge in [0.1, 0.15) is 16.5 Å². The lowest BCUT2D eigenvalue weighted by atomic mass is 10.1. The van der Waals surface area contributed by atoms with Gasteiger partial charge in [-0.1, -0.05) is 0 Å². The number of anilines is 1. The van der Waals surface area contributed by atoms with Gasteiger partial charge in [-0.05, 0) is 54.8 Å². The molecule has 2 N–H and O–H groups in total. The third-order valence-electron chi connectivity index (χ3n) is 6.03. The van der Waals surface area contributed by atoms with E-state index in [1.165, 1.54) is 16.9 Å². The molecule has 0 radical (unpaired) electrons. The molecule has 8 nitrogen and oxygen atoms in total.